The second-order valence-corrected chi connectivity index (χ2v) is 8.43. The minimum atomic E-state index is -1.20. The predicted molar refractivity (Wildman–Crippen MR) is 95.3 cm³/mol. The Kier molecular flexibility index (Phi) is 4.58. The molecule has 1 aromatic carbocycles. The molecule has 4 atom stereocenters. The lowest BCUT2D eigenvalue weighted by Gasteiger charge is -2.59. The van der Waals surface area contributed by atoms with Crippen LogP contribution in [0.4, 0.5) is 0 Å². The first kappa shape index (κ1) is 19.1. The summed E-state index contributed by atoms with van der Waals surface area (Å²) in [5.41, 5.74) is -1.56. The van der Waals surface area contributed by atoms with E-state index >= 15 is 0 Å². The molecule has 1 unspecified atom stereocenters. The van der Waals surface area contributed by atoms with Crippen molar-refractivity contribution in [1.82, 2.24) is 0 Å². The summed E-state index contributed by atoms with van der Waals surface area (Å²) in [5, 5.41) is 39.9. The zero-order valence-electron chi connectivity index (χ0n) is 15.5. The maximum absolute atomic E-state index is 11.4. The van der Waals surface area contributed by atoms with Crippen molar-refractivity contribution in [3.63, 3.8) is 0 Å². The van der Waals surface area contributed by atoms with Gasteiger partial charge in [0.1, 0.15) is 11.4 Å². The monoisotopic (exact) mass is 364 g/mol. The maximum atomic E-state index is 11.4. The van der Waals surface area contributed by atoms with Crippen LogP contribution in [0, 0.1) is 11.3 Å². The molecule has 0 saturated heterocycles. The van der Waals surface area contributed by atoms with Gasteiger partial charge < -0.3 is 25.2 Å². The molecule has 3 rings (SSSR count). The van der Waals surface area contributed by atoms with Gasteiger partial charge in [-0.25, -0.2) is 4.79 Å². The largest absolute Gasteiger partial charge is 0.486 e. The van der Waals surface area contributed by atoms with Gasteiger partial charge >= 0.3 is 5.97 Å². The van der Waals surface area contributed by atoms with Crippen molar-refractivity contribution in [1.29, 1.82) is 0 Å². The standard InChI is InChI=1S/C20H28O6/c1-12-6-7-19(25,10-15(22)11-21)18(2,3)20(12)9-14-8-13(17(23)24)4-5-16(14)26-20/h4-5,8,12,15,21-22,25H,6-7,9-11H2,1-3H3,(H,23,24)/t12-,15?,19+,20+/m0/s1. The molecule has 1 heterocycles. The van der Waals surface area contributed by atoms with Crippen LogP contribution in [0.5, 0.6) is 5.75 Å². The molecule has 1 saturated carbocycles. The van der Waals surface area contributed by atoms with Crippen LogP contribution in [0.25, 0.3) is 0 Å². The van der Waals surface area contributed by atoms with Crippen molar-refractivity contribution in [3.05, 3.63) is 29.3 Å². The van der Waals surface area contributed by atoms with Crippen molar-refractivity contribution < 1.29 is 30.0 Å². The van der Waals surface area contributed by atoms with Crippen LogP contribution in [-0.2, 0) is 6.42 Å². The first-order chi connectivity index (χ1) is 12.1. The first-order valence-electron chi connectivity index (χ1n) is 9.13. The normalized spacial score (nSPS) is 33.5. The number of carbonyl (C=O) groups is 1. The lowest BCUT2D eigenvalue weighted by atomic mass is 9.51. The molecule has 6 heteroatoms. The van der Waals surface area contributed by atoms with Crippen LogP contribution in [-0.4, -0.2) is 50.3 Å². The Morgan fingerprint density at radius 2 is 2.08 bits per heavy atom. The summed E-state index contributed by atoms with van der Waals surface area (Å²) in [4.78, 5) is 11.3. The number of rotatable bonds is 4. The molecule has 0 amide bonds. The van der Waals surface area contributed by atoms with Crippen LogP contribution in [0.15, 0.2) is 18.2 Å². The summed E-state index contributed by atoms with van der Waals surface area (Å²) >= 11 is 0. The van der Waals surface area contributed by atoms with Gasteiger partial charge in [0, 0.05) is 18.3 Å². The molecule has 1 aromatic rings. The van der Waals surface area contributed by atoms with Gasteiger partial charge in [0.2, 0.25) is 0 Å². The summed E-state index contributed by atoms with van der Waals surface area (Å²) < 4.78 is 6.41. The molecular weight excluding hydrogens is 336 g/mol. The van der Waals surface area contributed by atoms with E-state index in [2.05, 4.69) is 6.92 Å². The fraction of sp³-hybridized carbons (Fsp3) is 0.650. The Bertz CT molecular complexity index is 714. The van der Waals surface area contributed by atoms with Crippen LogP contribution >= 0.6 is 0 Å². The highest BCUT2D eigenvalue weighted by atomic mass is 16.5. The second-order valence-electron chi connectivity index (χ2n) is 8.43. The summed E-state index contributed by atoms with van der Waals surface area (Å²) in [7, 11) is 0. The fourth-order valence-electron chi connectivity index (χ4n) is 4.91. The molecule has 1 spiro atoms. The number of hydrogen-bond acceptors (Lipinski definition) is 5. The molecule has 0 radical (unpaired) electrons. The minimum absolute atomic E-state index is 0.0745. The molecular formula is C20H28O6. The summed E-state index contributed by atoms with van der Waals surface area (Å²) in [6.45, 7) is 5.57. The maximum Gasteiger partial charge on any atom is 0.335 e. The highest BCUT2D eigenvalue weighted by molar-refractivity contribution is 5.88. The third-order valence-electron chi connectivity index (χ3n) is 6.84. The Morgan fingerprint density at radius 3 is 2.69 bits per heavy atom. The zero-order valence-corrected chi connectivity index (χ0v) is 15.5. The molecule has 6 nitrogen and oxygen atoms in total. The van der Waals surface area contributed by atoms with E-state index in [0.29, 0.717) is 18.6 Å². The summed E-state index contributed by atoms with van der Waals surface area (Å²) in [6.07, 6.45) is 0.824. The molecule has 26 heavy (non-hydrogen) atoms. The lowest BCUT2D eigenvalue weighted by Crippen LogP contribution is -2.67. The Hall–Kier alpha value is -1.63. The van der Waals surface area contributed by atoms with Crippen LogP contribution in [0.1, 0.15) is 56.0 Å². The SMILES string of the molecule is C[C@H]1CC[C@@](O)(CC(O)CO)C(C)(C)[C@@]12Cc1cc(C(=O)O)ccc1O2. The predicted octanol–water partition coefficient (Wildman–Crippen LogP) is 1.99. The topological polar surface area (TPSA) is 107 Å². The summed E-state index contributed by atoms with van der Waals surface area (Å²) in [6, 6.07) is 4.86. The van der Waals surface area contributed by atoms with E-state index in [-0.39, 0.29) is 17.9 Å². The number of benzene rings is 1. The van der Waals surface area contributed by atoms with Crippen molar-refractivity contribution in [2.45, 2.75) is 63.8 Å². The summed E-state index contributed by atoms with van der Waals surface area (Å²) in [5.74, 6) is -0.182. The highest BCUT2D eigenvalue weighted by Gasteiger charge is 2.65. The Morgan fingerprint density at radius 1 is 1.38 bits per heavy atom. The zero-order chi connectivity index (χ0) is 19.3. The lowest BCUT2D eigenvalue weighted by molar-refractivity contribution is -0.223. The number of aliphatic hydroxyl groups excluding tert-OH is 2. The Labute approximate surface area is 153 Å². The number of aromatic carboxylic acids is 1. The van der Waals surface area contributed by atoms with Gasteiger partial charge in [-0.1, -0.05) is 20.8 Å². The average Bonchev–Trinajstić information content (AvgIpc) is 2.98. The molecule has 1 fully saturated rings. The number of fused-ring (bicyclic) bond motifs is 1. The van der Waals surface area contributed by atoms with Gasteiger partial charge in [0.25, 0.3) is 0 Å². The highest BCUT2D eigenvalue weighted by Crippen LogP contribution is 2.60. The van der Waals surface area contributed by atoms with Crippen molar-refractivity contribution >= 4 is 5.97 Å². The van der Waals surface area contributed by atoms with Gasteiger partial charge in [0.15, 0.2) is 0 Å². The van der Waals surface area contributed by atoms with Gasteiger partial charge in [-0.15, -0.1) is 0 Å². The van der Waals surface area contributed by atoms with Crippen molar-refractivity contribution in [3.8, 4) is 5.75 Å². The Balaban J connectivity index is 2.01. The van der Waals surface area contributed by atoms with Crippen LogP contribution in [0.3, 0.4) is 0 Å². The first-order valence-corrected chi connectivity index (χ1v) is 9.13. The van der Waals surface area contributed by atoms with E-state index in [1.54, 1.807) is 12.1 Å². The second kappa shape index (κ2) is 6.22. The molecule has 1 aliphatic carbocycles. The fourth-order valence-corrected chi connectivity index (χ4v) is 4.91. The van der Waals surface area contributed by atoms with Crippen molar-refractivity contribution in [2.24, 2.45) is 11.3 Å². The van der Waals surface area contributed by atoms with Gasteiger partial charge in [-0.05, 0) is 42.5 Å². The molecule has 0 aromatic heterocycles. The third-order valence-corrected chi connectivity index (χ3v) is 6.84. The van der Waals surface area contributed by atoms with E-state index in [9.17, 15) is 25.2 Å². The quantitative estimate of drug-likeness (QED) is 0.651. The van der Waals surface area contributed by atoms with Gasteiger partial charge in [0.05, 0.1) is 23.9 Å². The smallest absolute Gasteiger partial charge is 0.335 e. The van der Waals surface area contributed by atoms with E-state index in [0.717, 1.165) is 12.0 Å². The number of carboxylic acid groups (broad SMARTS) is 1. The molecule has 1 aliphatic heterocycles. The molecule has 144 valence electrons. The molecule has 4 N–H and O–H groups in total. The van der Waals surface area contributed by atoms with E-state index < -0.39 is 35.3 Å². The van der Waals surface area contributed by atoms with E-state index in [1.165, 1.54) is 6.07 Å². The van der Waals surface area contributed by atoms with E-state index in [4.69, 9.17) is 4.74 Å². The van der Waals surface area contributed by atoms with Crippen LogP contribution in [0.2, 0.25) is 0 Å². The van der Waals surface area contributed by atoms with Crippen LogP contribution < -0.4 is 4.74 Å². The third kappa shape index (κ3) is 2.63. The minimum Gasteiger partial charge on any atom is -0.486 e. The number of aliphatic hydroxyl groups is 3. The number of ether oxygens (including phenoxy) is 1. The number of hydrogen-bond donors (Lipinski definition) is 4. The van der Waals surface area contributed by atoms with Gasteiger partial charge in [-0.3, -0.25) is 0 Å². The van der Waals surface area contributed by atoms with Gasteiger partial charge in [-0.2, -0.15) is 0 Å². The van der Waals surface area contributed by atoms with E-state index in [1.807, 2.05) is 13.8 Å². The molecule has 2 aliphatic rings. The molecule has 0 bridgehead atoms. The average molecular weight is 364 g/mol. The number of carboxylic acids is 1. The van der Waals surface area contributed by atoms with Crippen molar-refractivity contribution in [2.75, 3.05) is 6.61 Å².